The fourth-order valence-electron chi connectivity index (χ4n) is 5.97. The van der Waals surface area contributed by atoms with Gasteiger partial charge in [0.05, 0.1) is 11.7 Å². The highest BCUT2D eigenvalue weighted by Gasteiger charge is 2.59. The number of carbonyl (C=O) groups excluding carboxylic acids is 2. The molecule has 1 aromatic heterocycles. The van der Waals surface area contributed by atoms with Gasteiger partial charge in [-0.05, 0) is 30.5 Å². The van der Waals surface area contributed by atoms with E-state index in [4.69, 9.17) is 14.5 Å². The average Bonchev–Trinajstić information content (AvgIpc) is 3.59. The number of carbonyl (C=O) groups is 2. The first kappa shape index (κ1) is 24.5. The molecule has 1 fully saturated rings. The van der Waals surface area contributed by atoms with Crippen LogP contribution in [0, 0.1) is 0 Å². The zero-order valence-electron chi connectivity index (χ0n) is 21.5. The lowest BCUT2D eigenvalue weighted by molar-refractivity contribution is 0.0127. The third-order valence-corrected chi connectivity index (χ3v) is 7.94. The summed E-state index contributed by atoms with van der Waals surface area (Å²) in [4.78, 5) is 37.5. The van der Waals surface area contributed by atoms with Crippen molar-refractivity contribution in [2.75, 3.05) is 33.0 Å². The van der Waals surface area contributed by atoms with E-state index in [2.05, 4.69) is 21.9 Å². The number of pyridine rings is 1. The van der Waals surface area contributed by atoms with Gasteiger partial charge in [0.15, 0.2) is 22.9 Å². The van der Waals surface area contributed by atoms with Crippen molar-refractivity contribution in [1.29, 1.82) is 0 Å². The number of Topliss-reactive ketones (excluding diaryl/α,β-unsaturated/α-hetero) is 2. The first-order valence-electron chi connectivity index (χ1n) is 13.3. The molecule has 3 heterocycles. The number of aryl methyl sites for hydroxylation is 1. The number of hydrogen-bond acceptors (Lipinski definition) is 7. The predicted octanol–water partition coefficient (Wildman–Crippen LogP) is 3.99. The minimum atomic E-state index is -1.44. The van der Waals surface area contributed by atoms with Crippen LogP contribution in [-0.2, 0) is 27.9 Å². The number of aromatic nitrogens is 1. The summed E-state index contributed by atoms with van der Waals surface area (Å²) in [6.45, 7) is 4.69. The van der Waals surface area contributed by atoms with E-state index in [0.717, 1.165) is 24.3 Å². The summed E-state index contributed by atoms with van der Waals surface area (Å²) in [5.41, 5.74) is 2.12. The van der Waals surface area contributed by atoms with Crippen LogP contribution in [0.3, 0.4) is 0 Å². The van der Waals surface area contributed by atoms with E-state index in [1.165, 1.54) is 5.56 Å². The first-order valence-corrected chi connectivity index (χ1v) is 13.3. The Morgan fingerprint density at radius 1 is 0.868 bits per heavy atom. The van der Waals surface area contributed by atoms with Gasteiger partial charge in [-0.1, -0.05) is 67.6 Å². The van der Waals surface area contributed by atoms with Crippen molar-refractivity contribution in [1.82, 2.24) is 14.8 Å². The summed E-state index contributed by atoms with van der Waals surface area (Å²) in [7, 11) is 0. The predicted molar refractivity (Wildman–Crippen MR) is 143 cm³/mol. The van der Waals surface area contributed by atoms with E-state index in [-0.39, 0.29) is 24.4 Å². The molecular formula is C31H31N3O4. The molecule has 6 rings (SSSR count). The van der Waals surface area contributed by atoms with Gasteiger partial charge in [0.25, 0.3) is 0 Å². The molecule has 7 nitrogen and oxygen atoms in total. The molecule has 0 N–H and O–H groups in total. The van der Waals surface area contributed by atoms with Gasteiger partial charge in [0.1, 0.15) is 6.26 Å². The highest BCUT2D eigenvalue weighted by Crippen LogP contribution is 2.42. The molecular weight excluding hydrogens is 478 g/mol. The molecule has 0 amide bonds. The average molecular weight is 510 g/mol. The van der Waals surface area contributed by atoms with Gasteiger partial charge < -0.3 is 9.47 Å². The molecule has 7 heteroatoms. The van der Waals surface area contributed by atoms with Crippen molar-refractivity contribution < 1.29 is 19.1 Å². The number of benzene rings is 2. The number of rotatable bonds is 7. The van der Waals surface area contributed by atoms with Gasteiger partial charge in [-0.15, -0.1) is 0 Å². The number of ketones is 2. The fraction of sp³-hybridized carbons (Fsp3) is 0.323. The molecule has 1 unspecified atom stereocenters. The Bertz CT molecular complexity index is 1340. The summed E-state index contributed by atoms with van der Waals surface area (Å²) in [5, 5.41) is 0. The van der Waals surface area contributed by atoms with Gasteiger partial charge in [0, 0.05) is 43.0 Å². The molecule has 2 aliphatic heterocycles. The molecule has 38 heavy (non-hydrogen) atoms. The second-order valence-electron chi connectivity index (χ2n) is 9.96. The van der Waals surface area contributed by atoms with E-state index >= 15 is 0 Å². The monoisotopic (exact) mass is 509 g/mol. The molecule has 2 aromatic carbocycles. The Morgan fingerprint density at radius 3 is 2.18 bits per heavy atom. The molecule has 3 aromatic rings. The highest BCUT2D eigenvalue weighted by atomic mass is 16.7. The maximum absolute atomic E-state index is 14.1. The number of piperazine rings is 1. The van der Waals surface area contributed by atoms with E-state index in [1.54, 1.807) is 18.4 Å². The Morgan fingerprint density at radius 2 is 1.55 bits per heavy atom. The van der Waals surface area contributed by atoms with E-state index in [0.29, 0.717) is 43.0 Å². The standard InChI is InChI=1S/C31H31N3O4/c1-2-23-11-8-14-28(32-23)31(29(35)24-12-6-7-13-25(24)30(31)36)34-17-15-33(16-18-34)26(27-20-37-21-38-27)19-22-9-4-3-5-10-22/h3-14,20,26H,2,15-19,21H2,1H3. The SMILES string of the molecule is CCc1cccc(C2(N3CCN(C(Cc4ccccc4)C4=COCO4)CC3)C(=O)c3ccccc3C2=O)n1. The van der Waals surface area contributed by atoms with Crippen LogP contribution in [0.4, 0.5) is 0 Å². The van der Waals surface area contributed by atoms with Crippen molar-refractivity contribution in [3.8, 4) is 0 Å². The van der Waals surface area contributed by atoms with Crippen molar-refractivity contribution in [2.24, 2.45) is 0 Å². The van der Waals surface area contributed by atoms with Crippen molar-refractivity contribution in [3.63, 3.8) is 0 Å². The molecule has 1 atom stereocenters. The zero-order chi connectivity index (χ0) is 26.1. The third-order valence-electron chi connectivity index (χ3n) is 7.94. The molecule has 0 saturated carbocycles. The van der Waals surface area contributed by atoms with E-state index in [1.807, 2.05) is 55.5 Å². The maximum Gasteiger partial charge on any atom is 0.229 e. The second kappa shape index (κ2) is 10.2. The van der Waals surface area contributed by atoms with Crippen LogP contribution >= 0.6 is 0 Å². The van der Waals surface area contributed by atoms with Gasteiger partial charge in [-0.25, -0.2) is 0 Å². The largest absolute Gasteiger partial charge is 0.462 e. The van der Waals surface area contributed by atoms with E-state index < -0.39 is 5.54 Å². The zero-order valence-corrected chi connectivity index (χ0v) is 21.5. The minimum Gasteiger partial charge on any atom is -0.462 e. The minimum absolute atomic E-state index is 0.00622. The van der Waals surface area contributed by atoms with Crippen LogP contribution in [-0.4, -0.2) is 65.4 Å². The number of hydrogen-bond donors (Lipinski definition) is 0. The van der Waals surface area contributed by atoms with Crippen LogP contribution in [0.5, 0.6) is 0 Å². The molecule has 3 aliphatic rings. The molecule has 0 bridgehead atoms. The number of ether oxygens (including phenoxy) is 2. The maximum atomic E-state index is 14.1. The summed E-state index contributed by atoms with van der Waals surface area (Å²) < 4.78 is 11.2. The van der Waals surface area contributed by atoms with Crippen LogP contribution < -0.4 is 0 Å². The molecule has 0 radical (unpaired) electrons. The van der Waals surface area contributed by atoms with Crippen molar-refractivity contribution in [2.45, 2.75) is 31.3 Å². The topological polar surface area (TPSA) is 72.0 Å². The van der Waals surface area contributed by atoms with Crippen LogP contribution in [0.1, 0.15) is 44.6 Å². The fourth-order valence-corrected chi connectivity index (χ4v) is 5.97. The van der Waals surface area contributed by atoms with Gasteiger partial charge in [-0.2, -0.15) is 0 Å². The quantitative estimate of drug-likeness (QED) is 0.446. The van der Waals surface area contributed by atoms with Gasteiger partial charge in [-0.3, -0.25) is 24.4 Å². The second-order valence-corrected chi connectivity index (χ2v) is 9.96. The Hall–Kier alpha value is -3.81. The highest BCUT2D eigenvalue weighted by molar-refractivity contribution is 6.32. The molecule has 0 spiro atoms. The van der Waals surface area contributed by atoms with Gasteiger partial charge >= 0.3 is 0 Å². The summed E-state index contributed by atoms with van der Waals surface area (Å²) in [6, 6.07) is 23.2. The lowest BCUT2D eigenvalue weighted by atomic mass is 9.85. The molecule has 194 valence electrons. The van der Waals surface area contributed by atoms with E-state index in [9.17, 15) is 9.59 Å². The summed E-state index contributed by atoms with van der Waals surface area (Å²) in [6.07, 6.45) is 3.22. The Labute approximate surface area is 222 Å². The normalized spacial score (nSPS) is 20.0. The third kappa shape index (κ3) is 4.03. The molecule has 1 saturated heterocycles. The Kier molecular flexibility index (Phi) is 6.55. The van der Waals surface area contributed by atoms with Gasteiger partial charge in [0.2, 0.25) is 6.79 Å². The molecule has 1 aliphatic carbocycles. The van der Waals surface area contributed by atoms with Crippen molar-refractivity contribution >= 4 is 11.6 Å². The van der Waals surface area contributed by atoms with Crippen LogP contribution in [0.15, 0.2) is 84.8 Å². The lowest BCUT2D eigenvalue weighted by Crippen LogP contribution is -2.62. The van der Waals surface area contributed by atoms with Crippen LogP contribution in [0.25, 0.3) is 0 Å². The smallest absolute Gasteiger partial charge is 0.229 e. The lowest BCUT2D eigenvalue weighted by Gasteiger charge is -2.45. The Balaban J connectivity index is 1.32. The summed E-state index contributed by atoms with van der Waals surface area (Å²) in [5.74, 6) is 0.460. The summed E-state index contributed by atoms with van der Waals surface area (Å²) >= 11 is 0. The van der Waals surface area contributed by atoms with Crippen LogP contribution in [0.2, 0.25) is 0 Å². The number of nitrogens with zero attached hydrogens (tertiary/aromatic N) is 3. The number of fused-ring (bicyclic) bond motifs is 1. The first-order chi connectivity index (χ1) is 18.6. The van der Waals surface area contributed by atoms with Crippen molar-refractivity contribution in [3.05, 3.63) is 113 Å².